The quantitative estimate of drug-likeness (QED) is 0.783. The zero-order valence-corrected chi connectivity index (χ0v) is 10.4. The number of nitrogens with zero attached hydrogens (tertiary/aromatic N) is 2. The number of nitrogens with one attached hydrogen (secondary N) is 1. The molecule has 0 aromatic carbocycles. The van der Waals surface area contributed by atoms with Gasteiger partial charge < -0.3 is 11.1 Å². The Labute approximate surface area is 104 Å². The molecule has 1 aromatic rings. The standard InChI is InChI=1S/C11H16N4OS/c12-4-7-3-10(16)15(6-7)11-14-8-1-2-13-5-9(8)17-11/h7,13H,1-6,12H2. The van der Waals surface area contributed by atoms with E-state index in [0.717, 1.165) is 36.9 Å². The molecular weight excluding hydrogens is 236 g/mol. The fourth-order valence-electron chi connectivity index (χ4n) is 2.35. The first-order valence-corrected chi connectivity index (χ1v) is 6.79. The van der Waals surface area contributed by atoms with Crippen molar-refractivity contribution in [2.24, 2.45) is 11.7 Å². The second kappa shape index (κ2) is 4.36. The van der Waals surface area contributed by atoms with Crippen molar-refractivity contribution in [3.05, 3.63) is 10.6 Å². The molecule has 2 aliphatic heterocycles. The van der Waals surface area contributed by atoms with E-state index in [0.29, 0.717) is 18.9 Å². The molecule has 0 bridgehead atoms. The molecule has 1 unspecified atom stereocenters. The Bertz CT molecular complexity index is 421. The molecule has 3 N–H and O–H groups in total. The molecule has 1 aromatic heterocycles. The first-order chi connectivity index (χ1) is 8.28. The van der Waals surface area contributed by atoms with Crippen LogP contribution in [0.2, 0.25) is 0 Å². The van der Waals surface area contributed by atoms with Gasteiger partial charge in [0, 0.05) is 37.4 Å². The summed E-state index contributed by atoms with van der Waals surface area (Å²) in [5.74, 6) is 0.459. The minimum atomic E-state index is 0.166. The molecular formula is C11H16N4OS. The van der Waals surface area contributed by atoms with Crippen molar-refractivity contribution >= 4 is 22.4 Å². The zero-order chi connectivity index (χ0) is 11.8. The maximum Gasteiger partial charge on any atom is 0.229 e. The Morgan fingerprint density at radius 1 is 1.59 bits per heavy atom. The van der Waals surface area contributed by atoms with Crippen LogP contribution in [0.5, 0.6) is 0 Å². The fraction of sp³-hybridized carbons (Fsp3) is 0.636. The van der Waals surface area contributed by atoms with Crippen LogP contribution < -0.4 is 16.0 Å². The largest absolute Gasteiger partial charge is 0.330 e. The lowest BCUT2D eigenvalue weighted by Gasteiger charge is -2.11. The van der Waals surface area contributed by atoms with Crippen LogP contribution in [0.15, 0.2) is 0 Å². The van der Waals surface area contributed by atoms with Gasteiger partial charge in [-0.2, -0.15) is 0 Å². The van der Waals surface area contributed by atoms with Crippen molar-refractivity contribution in [3.8, 4) is 0 Å². The van der Waals surface area contributed by atoms with Gasteiger partial charge in [-0.05, 0) is 12.5 Å². The van der Waals surface area contributed by atoms with E-state index < -0.39 is 0 Å². The normalized spacial score (nSPS) is 24.2. The number of nitrogens with two attached hydrogens (primary N) is 1. The van der Waals surface area contributed by atoms with Gasteiger partial charge in [-0.1, -0.05) is 11.3 Å². The lowest BCUT2D eigenvalue weighted by Crippen LogP contribution is -2.25. The van der Waals surface area contributed by atoms with Crippen LogP contribution in [0.3, 0.4) is 0 Å². The number of carbonyl (C=O) groups excluding carboxylic acids is 1. The van der Waals surface area contributed by atoms with Gasteiger partial charge in [0.2, 0.25) is 5.91 Å². The second-order valence-corrected chi connectivity index (χ2v) is 5.67. The van der Waals surface area contributed by atoms with Crippen molar-refractivity contribution in [1.29, 1.82) is 0 Å². The molecule has 0 saturated carbocycles. The van der Waals surface area contributed by atoms with Crippen molar-refractivity contribution in [1.82, 2.24) is 10.3 Å². The summed E-state index contributed by atoms with van der Waals surface area (Å²) >= 11 is 1.64. The topological polar surface area (TPSA) is 71.2 Å². The predicted molar refractivity (Wildman–Crippen MR) is 67.0 cm³/mol. The average molecular weight is 252 g/mol. The molecule has 1 atom stereocenters. The van der Waals surface area contributed by atoms with Gasteiger partial charge in [0.25, 0.3) is 0 Å². The number of carbonyl (C=O) groups is 1. The minimum absolute atomic E-state index is 0.166. The molecule has 1 saturated heterocycles. The van der Waals surface area contributed by atoms with Gasteiger partial charge in [0.1, 0.15) is 0 Å². The first kappa shape index (κ1) is 11.1. The summed E-state index contributed by atoms with van der Waals surface area (Å²) < 4.78 is 0. The predicted octanol–water partition coefficient (Wildman–Crippen LogP) is 0.100. The van der Waals surface area contributed by atoms with Gasteiger partial charge in [-0.25, -0.2) is 4.98 Å². The van der Waals surface area contributed by atoms with Crippen LogP contribution in [0.1, 0.15) is 17.0 Å². The monoisotopic (exact) mass is 252 g/mol. The molecule has 0 aliphatic carbocycles. The molecule has 6 heteroatoms. The van der Waals surface area contributed by atoms with Crippen LogP contribution >= 0.6 is 11.3 Å². The molecule has 5 nitrogen and oxygen atoms in total. The van der Waals surface area contributed by atoms with E-state index in [1.54, 1.807) is 16.2 Å². The number of rotatable bonds is 2. The summed E-state index contributed by atoms with van der Waals surface area (Å²) in [5.41, 5.74) is 6.79. The van der Waals surface area contributed by atoms with Gasteiger partial charge >= 0.3 is 0 Å². The van der Waals surface area contributed by atoms with Crippen molar-refractivity contribution in [2.75, 3.05) is 24.5 Å². The van der Waals surface area contributed by atoms with Crippen molar-refractivity contribution < 1.29 is 4.79 Å². The summed E-state index contributed by atoms with van der Waals surface area (Å²) in [6, 6.07) is 0. The molecule has 0 radical (unpaired) electrons. The van der Waals surface area contributed by atoms with E-state index in [-0.39, 0.29) is 5.91 Å². The number of aromatic nitrogens is 1. The Balaban J connectivity index is 1.84. The van der Waals surface area contributed by atoms with Crippen LogP contribution in [-0.4, -0.2) is 30.5 Å². The first-order valence-electron chi connectivity index (χ1n) is 5.97. The number of amides is 1. The maximum atomic E-state index is 11.9. The summed E-state index contributed by atoms with van der Waals surface area (Å²) in [7, 11) is 0. The Hall–Kier alpha value is -0.980. The molecule has 2 aliphatic rings. The van der Waals surface area contributed by atoms with E-state index in [9.17, 15) is 4.79 Å². The second-order valence-electron chi connectivity index (χ2n) is 4.60. The maximum absolute atomic E-state index is 11.9. The average Bonchev–Trinajstić information content (AvgIpc) is 2.91. The highest BCUT2D eigenvalue weighted by molar-refractivity contribution is 7.16. The number of anilines is 1. The van der Waals surface area contributed by atoms with Gasteiger partial charge in [-0.3, -0.25) is 9.69 Å². The number of fused-ring (bicyclic) bond motifs is 1. The zero-order valence-electron chi connectivity index (χ0n) is 9.61. The molecule has 3 heterocycles. The molecule has 0 spiro atoms. The Morgan fingerprint density at radius 2 is 2.47 bits per heavy atom. The van der Waals surface area contributed by atoms with E-state index in [4.69, 9.17) is 5.73 Å². The summed E-state index contributed by atoms with van der Waals surface area (Å²) in [6.07, 6.45) is 1.53. The Morgan fingerprint density at radius 3 is 3.18 bits per heavy atom. The molecule has 17 heavy (non-hydrogen) atoms. The lowest BCUT2D eigenvalue weighted by molar-refractivity contribution is -0.117. The third kappa shape index (κ3) is 1.96. The third-order valence-electron chi connectivity index (χ3n) is 3.36. The highest BCUT2D eigenvalue weighted by Crippen LogP contribution is 2.32. The van der Waals surface area contributed by atoms with E-state index in [1.165, 1.54) is 4.88 Å². The van der Waals surface area contributed by atoms with Crippen LogP contribution in [0, 0.1) is 5.92 Å². The third-order valence-corrected chi connectivity index (χ3v) is 4.48. The summed E-state index contributed by atoms with van der Waals surface area (Å²) in [6.45, 7) is 3.18. The number of hydrogen-bond acceptors (Lipinski definition) is 5. The highest BCUT2D eigenvalue weighted by atomic mass is 32.1. The van der Waals surface area contributed by atoms with Gasteiger partial charge in [0.05, 0.1) is 5.69 Å². The van der Waals surface area contributed by atoms with Gasteiger partial charge in [-0.15, -0.1) is 0 Å². The molecule has 1 fully saturated rings. The lowest BCUT2D eigenvalue weighted by atomic mass is 10.1. The van der Waals surface area contributed by atoms with Crippen LogP contribution in [0.25, 0.3) is 0 Å². The van der Waals surface area contributed by atoms with Crippen LogP contribution in [0.4, 0.5) is 5.13 Å². The van der Waals surface area contributed by atoms with Crippen LogP contribution in [-0.2, 0) is 17.8 Å². The number of thiazole rings is 1. The summed E-state index contributed by atoms with van der Waals surface area (Å²) in [5, 5.41) is 4.18. The highest BCUT2D eigenvalue weighted by Gasteiger charge is 2.32. The van der Waals surface area contributed by atoms with E-state index in [1.807, 2.05) is 0 Å². The van der Waals surface area contributed by atoms with E-state index >= 15 is 0 Å². The smallest absolute Gasteiger partial charge is 0.229 e. The minimum Gasteiger partial charge on any atom is -0.330 e. The van der Waals surface area contributed by atoms with Gasteiger partial charge in [0.15, 0.2) is 5.13 Å². The molecule has 3 rings (SSSR count). The summed E-state index contributed by atoms with van der Waals surface area (Å²) in [4.78, 5) is 19.6. The SMILES string of the molecule is NCC1CC(=O)N(c2nc3c(s2)CNCC3)C1. The molecule has 92 valence electrons. The number of hydrogen-bond donors (Lipinski definition) is 2. The Kier molecular flexibility index (Phi) is 2.85. The van der Waals surface area contributed by atoms with E-state index in [2.05, 4.69) is 10.3 Å². The van der Waals surface area contributed by atoms with Crippen molar-refractivity contribution in [3.63, 3.8) is 0 Å². The fourth-order valence-corrected chi connectivity index (χ4v) is 3.45. The molecule has 1 amide bonds. The van der Waals surface area contributed by atoms with Crippen molar-refractivity contribution in [2.45, 2.75) is 19.4 Å².